The van der Waals surface area contributed by atoms with E-state index in [1.54, 1.807) is 26.1 Å². The van der Waals surface area contributed by atoms with Crippen LogP contribution in [0.2, 0.25) is 5.02 Å². The third-order valence-electron chi connectivity index (χ3n) is 2.37. The summed E-state index contributed by atoms with van der Waals surface area (Å²) in [5.41, 5.74) is -1.04. The molecule has 23 heavy (non-hydrogen) atoms. The van der Waals surface area contributed by atoms with Gasteiger partial charge >= 0.3 is 6.18 Å². The van der Waals surface area contributed by atoms with Crippen molar-refractivity contribution < 1.29 is 26.4 Å². The minimum Gasteiger partial charge on any atom is -0.343 e. The van der Waals surface area contributed by atoms with Crippen molar-refractivity contribution in [1.29, 1.82) is 0 Å². The molecule has 2 N–H and O–H groups in total. The molecule has 0 bridgehead atoms. The van der Waals surface area contributed by atoms with Crippen LogP contribution in [0.25, 0.3) is 0 Å². The molecule has 0 aliphatic rings. The van der Waals surface area contributed by atoms with Gasteiger partial charge in [-0.2, -0.15) is 13.2 Å². The number of nitrogens with one attached hydrogen (secondary N) is 2. The average molecular weight is 373 g/mol. The Hall–Kier alpha value is -1.32. The van der Waals surface area contributed by atoms with Gasteiger partial charge in [0.25, 0.3) is 5.91 Å². The van der Waals surface area contributed by atoms with Crippen molar-refractivity contribution in [3.05, 3.63) is 28.8 Å². The van der Waals surface area contributed by atoms with Gasteiger partial charge in [-0.05, 0) is 39.0 Å². The standard InChI is InChI=1S/C13H16ClF3N2O3S/c1-12(2,3)19-23(21,22)10-6-8(4-5-9(10)14)11(20)18-7-13(15,16)17/h4-6,19H,7H2,1-3H3,(H,18,20). The zero-order valence-electron chi connectivity index (χ0n) is 12.6. The van der Waals surface area contributed by atoms with Crippen LogP contribution in [0.4, 0.5) is 13.2 Å². The highest BCUT2D eigenvalue weighted by Crippen LogP contribution is 2.24. The van der Waals surface area contributed by atoms with Crippen LogP contribution in [0.3, 0.4) is 0 Å². The summed E-state index contributed by atoms with van der Waals surface area (Å²) in [4.78, 5) is 11.3. The smallest absolute Gasteiger partial charge is 0.343 e. The maximum Gasteiger partial charge on any atom is 0.405 e. The largest absolute Gasteiger partial charge is 0.405 e. The number of sulfonamides is 1. The maximum atomic E-state index is 12.3. The third kappa shape index (κ3) is 6.36. The van der Waals surface area contributed by atoms with Crippen LogP contribution in [0.15, 0.2) is 23.1 Å². The van der Waals surface area contributed by atoms with E-state index in [9.17, 15) is 26.4 Å². The first kappa shape index (κ1) is 19.7. The molecular weight excluding hydrogens is 357 g/mol. The molecule has 10 heteroatoms. The fourth-order valence-electron chi connectivity index (χ4n) is 1.59. The maximum absolute atomic E-state index is 12.3. The third-order valence-corrected chi connectivity index (χ3v) is 4.61. The van der Waals surface area contributed by atoms with Crippen molar-refractivity contribution >= 4 is 27.5 Å². The molecule has 0 saturated carbocycles. The zero-order chi connectivity index (χ0) is 18.1. The van der Waals surface area contributed by atoms with Gasteiger partial charge in [-0.25, -0.2) is 13.1 Å². The van der Waals surface area contributed by atoms with Crippen LogP contribution in [0.1, 0.15) is 31.1 Å². The summed E-state index contributed by atoms with van der Waals surface area (Å²) in [5, 5.41) is 1.52. The Kier molecular flexibility index (Phi) is 5.71. The van der Waals surface area contributed by atoms with Crippen LogP contribution in [-0.2, 0) is 10.0 Å². The normalized spacial score (nSPS) is 13.0. The molecule has 0 fully saturated rings. The second kappa shape index (κ2) is 6.66. The van der Waals surface area contributed by atoms with Crippen LogP contribution >= 0.6 is 11.6 Å². The lowest BCUT2D eigenvalue weighted by Gasteiger charge is -2.21. The Morgan fingerprint density at radius 3 is 2.26 bits per heavy atom. The van der Waals surface area contributed by atoms with Gasteiger partial charge in [0.15, 0.2) is 0 Å². The molecule has 0 aliphatic heterocycles. The molecule has 0 aromatic heterocycles. The van der Waals surface area contributed by atoms with E-state index in [4.69, 9.17) is 11.6 Å². The van der Waals surface area contributed by atoms with E-state index >= 15 is 0 Å². The Morgan fingerprint density at radius 1 is 1.22 bits per heavy atom. The van der Waals surface area contributed by atoms with Gasteiger partial charge in [0, 0.05) is 11.1 Å². The Balaban J connectivity index is 3.11. The van der Waals surface area contributed by atoms with E-state index in [1.165, 1.54) is 0 Å². The Bertz CT molecular complexity index is 697. The summed E-state index contributed by atoms with van der Waals surface area (Å²) >= 11 is 5.83. The van der Waals surface area contributed by atoms with Gasteiger partial charge in [-0.3, -0.25) is 4.79 Å². The van der Waals surface area contributed by atoms with E-state index in [-0.39, 0.29) is 15.5 Å². The molecule has 0 spiro atoms. The van der Waals surface area contributed by atoms with Gasteiger partial charge in [0.1, 0.15) is 11.4 Å². The molecule has 1 rings (SSSR count). The second-order valence-corrected chi connectivity index (χ2v) is 7.86. The lowest BCUT2D eigenvalue weighted by atomic mass is 10.1. The summed E-state index contributed by atoms with van der Waals surface area (Å²) in [6.07, 6.45) is -4.56. The molecule has 0 heterocycles. The lowest BCUT2D eigenvalue weighted by molar-refractivity contribution is -0.123. The van der Waals surface area contributed by atoms with E-state index in [1.807, 2.05) is 0 Å². The fraction of sp³-hybridized carbons (Fsp3) is 0.462. The van der Waals surface area contributed by atoms with Crippen molar-refractivity contribution in [2.24, 2.45) is 0 Å². The van der Waals surface area contributed by atoms with Crippen molar-refractivity contribution in [3.8, 4) is 0 Å². The number of amides is 1. The number of benzene rings is 1. The zero-order valence-corrected chi connectivity index (χ0v) is 14.2. The number of rotatable bonds is 4. The number of carbonyl (C=O) groups is 1. The van der Waals surface area contributed by atoms with Crippen molar-refractivity contribution in [2.45, 2.75) is 37.4 Å². The molecular formula is C13H16ClF3N2O3S. The van der Waals surface area contributed by atoms with Crippen LogP contribution in [0.5, 0.6) is 0 Å². The molecule has 0 saturated heterocycles. The highest BCUT2D eigenvalue weighted by atomic mass is 35.5. The number of halogens is 4. The van der Waals surface area contributed by atoms with Gasteiger partial charge in [-0.1, -0.05) is 11.6 Å². The molecule has 0 radical (unpaired) electrons. The predicted molar refractivity (Wildman–Crippen MR) is 79.9 cm³/mol. The number of hydrogen-bond acceptors (Lipinski definition) is 3. The summed E-state index contributed by atoms with van der Waals surface area (Å²) < 4.78 is 63.2. The second-order valence-electron chi connectivity index (χ2n) is 5.80. The number of carbonyl (C=O) groups excluding carboxylic acids is 1. The highest BCUT2D eigenvalue weighted by molar-refractivity contribution is 7.89. The van der Waals surface area contributed by atoms with E-state index < -0.39 is 34.2 Å². The van der Waals surface area contributed by atoms with Crippen molar-refractivity contribution in [3.63, 3.8) is 0 Å². The molecule has 0 unspecified atom stereocenters. The van der Waals surface area contributed by atoms with Gasteiger partial charge < -0.3 is 5.32 Å². The molecule has 0 atom stereocenters. The van der Waals surface area contributed by atoms with Crippen LogP contribution in [-0.4, -0.2) is 32.6 Å². The molecule has 1 aromatic rings. The minimum atomic E-state index is -4.56. The molecule has 1 aromatic carbocycles. The number of alkyl halides is 3. The fourth-order valence-corrected chi connectivity index (χ4v) is 3.54. The molecule has 0 aliphatic carbocycles. The summed E-state index contributed by atoms with van der Waals surface area (Å²) in [6.45, 7) is 3.31. The van der Waals surface area contributed by atoms with Gasteiger partial charge in [0.2, 0.25) is 10.0 Å². The minimum absolute atomic E-state index is 0.144. The molecule has 5 nitrogen and oxygen atoms in total. The van der Waals surface area contributed by atoms with Gasteiger partial charge in [0.05, 0.1) is 5.02 Å². The topological polar surface area (TPSA) is 75.3 Å². The average Bonchev–Trinajstić information content (AvgIpc) is 2.32. The molecule has 1 amide bonds. The SMILES string of the molecule is CC(C)(C)NS(=O)(=O)c1cc(C(=O)NCC(F)(F)F)ccc1Cl. The van der Waals surface area contributed by atoms with E-state index in [0.717, 1.165) is 18.2 Å². The van der Waals surface area contributed by atoms with Crippen LogP contribution < -0.4 is 10.0 Å². The first-order chi connectivity index (χ1) is 10.2. The Labute approximate surface area is 137 Å². The van der Waals surface area contributed by atoms with Crippen LogP contribution in [0, 0.1) is 0 Å². The molecule has 130 valence electrons. The summed E-state index contributed by atoms with van der Waals surface area (Å²) in [5.74, 6) is -1.05. The van der Waals surface area contributed by atoms with E-state index in [2.05, 4.69) is 4.72 Å². The summed E-state index contributed by atoms with van der Waals surface area (Å²) in [7, 11) is -4.03. The summed E-state index contributed by atoms with van der Waals surface area (Å²) in [6, 6.07) is 3.22. The van der Waals surface area contributed by atoms with E-state index in [0.29, 0.717) is 0 Å². The first-order valence-electron chi connectivity index (χ1n) is 6.40. The highest BCUT2D eigenvalue weighted by Gasteiger charge is 2.29. The van der Waals surface area contributed by atoms with Crippen molar-refractivity contribution in [1.82, 2.24) is 10.0 Å². The monoisotopic (exact) mass is 372 g/mol. The number of hydrogen-bond donors (Lipinski definition) is 2. The quantitative estimate of drug-likeness (QED) is 0.853. The Morgan fingerprint density at radius 2 is 1.78 bits per heavy atom. The van der Waals surface area contributed by atoms with Gasteiger partial charge in [-0.15, -0.1) is 0 Å². The van der Waals surface area contributed by atoms with Crippen molar-refractivity contribution in [2.75, 3.05) is 6.54 Å². The first-order valence-corrected chi connectivity index (χ1v) is 8.26. The predicted octanol–water partition coefficient (Wildman–Crippen LogP) is 2.71. The lowest BCUT2D eigenvalue weighted by Crippen LogP contribution is -2.40.